The van der Waals surface area contributed by atoms with Crippen LogP contribution in [0.2, 0.25) is 0 Å². The number of aryl methyl sites for hydroxylation is 4. The first-order chi connectivity index (χ1) is 25.4. The molecule has 7 aromatic rings. The van der Waals surface area contributed by atoms with Crippen molar-refractivity contribution in [1.82, 2.24) is 19.9 Å². The molecule has 0 aromatic carbocycles. The van der Waals surface area contributed by atoms with Crippen LogP contribution in [-0.2, 0) is 28.2 Å². The average Bonchev–Trinajstić information content (AvgIpc) is 3.99. The van der Waals surface area contributed by atoms with Crippen molar-refractivity contribution in [3.63, 3.8) is 0 Å². The van der Waals surface area contributed by atoms with Crippen LogP contribution in [0, 0.1) is 49.4 Å². The van der Waals surface area contributed by atoms with Gasteiger partial charge >= 0.3 is 49.4 Å². The maximum atomic E-state index is 5.38. The number of hydrogen-bond donors (Lipinski definition) is 2. The summed E-state index contributed by atoms with van der Waals surface area (Å²) in [5.41, 5.74) is 15.9. The quantitative estimate of drug-likeness (QED) is 0.196. The monoisotopic (exact) mass is 831 g/mol. The molecule has 2 N–H and O–H groups in total. The maximum Gasteiger partial charge on any atom is 3.00 e. The fraction of sp³-hybridized carbons (Fsp3) is 0.0909. The Hall–Kier alpha value is -5.22. The van der Waals surface area contributed by atoms with Crippen LogP contribution in [0.1, 0.15) is 22.8 Å². The summed E-state index contributed by atoms with van der Waals surface area (Å²) in [5.74, 6) is 0. The first-order valence-corrected chi connectivity index (χ1v) is 17.4. The first-order valence-electron chi connectivity index (χ1n) is 17.4. The van der Waals surface area contributed by atoms with Crippen LogP contribution in [-0.4, -0.2) is 19.9 Å². The number of pyridine rings is 4. The van der Waals surface area contributed by atoms with Gasteiger partial charge in [0.05, 0.1) is 22.8 Å². The summed E-state index contributed by atoms with van der Waals surface area (Å²) in [4.78, 5) is 18.4. The van der Waals surface area contributed by atoms with Gasteiger partial charge in [-0.2, -0.15) is 0 Å². The third-order valence-corrected chi connectivity index (χ3v) is 9.82. The van der Waals surface area contributed by atoms with Crippen LogP contribution in [0.3, 0.4) is 0 Å². The number of nitrogens with zero attached hydrogens (tertiary/aromatic N) is 6. The molecule has 0 atom stereocenters. The van der Waals surface area contributed by atoms with E-state index in [2.05, 4.69) is 161 Å². The second-order valence-corrected chi connectivity index (χ2v) is 13.5. The summed E-state index contributed by atoms with van der Waals surface area (Å²) < 4.78 is 8.20. The van der Waals surface area contributed by atoms with E-state index in [4.69, 9.17) is 9.97 Å². The van der Waals surface area contributed by atoms with E-state index in [0.717, 1.165) is 89.4 Å². The summed E-state index contributed by atoms with van der Waals surface area (Å²) in [6, 6.07) is 25.9. The van der Waals surface area contributed by atoms with Crippen molar-refractivity contribution in [2.75, 3.05) is 0 Å². The third kappa shape index (κ3) is 6.65. The van der Waals surface area contributed by atoms with Crippen LogP contribution >= 0.6 is 0 Å². The standard InChI is InChI=1S/C44H37N8.Eu/c1-49-21-13-29(14-22-49)41-33-5-7-35(45-33)42(30-15-23-50(2)24-16-30)37-9-11-39(47-37)44(32-19-27-52(4)28-20-32)40-12-10-38(48-40)43(36-8-6-34(41)46-36)31-17-25-51(3)26-18-31;/h5-28H,1-4H3,(H,45,46,47,48);/q2*+3/p+1. The molecular formula is C44H38EuN8+7. The Bertz CT molecular complexity index is 2590. The molecule has 2 aliphatic heterocycles. The van der Waals surface area contributed by atoms with Crippen molar-refractivity contribution in [2.45, 2.75) is 0 Å². The predicted molar refractivity (Wildman–Crippen MR) is 205 cm³/mol. The Balaban J connectivity index is 0.00000400. The Morgan fingerprint density at radius 1 is 0.340 bits per heavy atom. The van der Waals surface area contributed by atoms with E-state index in [1.54, 1.807) is 0 Å². The third-order valence-electron chi connectivity index (χ3n) is 9.82. The van der Waals surface area contributed by atoms with Crippen molar-refractivity contribution < 1.29 is 67.6 Å². The summed E-state index contributed by atoms with van der Waals surface area (Å²) >= 11 is 0. The number of nitrogens with one attached hydrogen (secondary N) is 2. The average molecular weight is 831 g/mol. The minimum absolute atomic E-state index is 0. The molecule has 254 valence electrons. The van der Waals surface area contributed by atoms with Gasteiger partial charge in [-0.3, -0.25) is 0 Å². The molecule has 0 saturated heterocycles. The molecule has 0 fully saturated rings. The normalized spacial score (nSPS) is 11.8. The molecular weight excluding hydrogens is 793 g/mol. The number of aromatic amines is 2. The SMILES string of the molecule is C[n+]1ccc(-c2c3nc(c(-c4cc[n+](C)cc4)c4ccc([nH]4)c(-c4cc[n+](C)cc4)c4ccc([nH]4)c(-c4cc[n+](C)cc4)c4nc2C=C4)C=C3)cc1.[Eu+3]. The number of H-pyrrole nitrogens is 2. The molecule has 0 unspecified atom stereocenters. The Morgan fingerprint density at radius 2 is 0.585 bits per heavy atom. The smallest absolute Gasteiger partial charge is 0.354 e. The van der Waals surface area contributed by atoms with E-state index in [-0.39, 0.29) is 49.4 Å². The van der Waals surface area contributed by atoms with Gasteiger partial charge in [-0.05, 0) is 70.8 Å². The zero-order chi connectivity index (χ0) is 35.3. The zero-order valence-electron chi connectivity index (χ0n) is 29.9. The van der Waals surface area contributed by atoms with Gasteiger partial charge in [0.1, 0.15) is 28.2 Å². The van der Waals surface area contributed by atoms with Crippen molar-refractivity contribution in [3.05, 3.63) is 145 Å². The van der Waals surface area contributed by atoms with Gasteiger partial charge in [0, 0.05) is 92.9 Å². The molecule has 7 aromatic heterocycles. The van der Waals surface area contributed by atoms with Crippen LogP contribution < -0.4 is 18.3 Å². The number of fused-ring (bicyclic) bond motifs is 8. The maximum absolute atomic E-state index is 5.38. The molecule has 0 radical (unpaired) electrons. The van der Waals surface area contributed by atoms with E-state index in [1.807, 2.05) is 41.9 Å². The van der Waals surface area contributed by atoms with Crippen molar-refractivity contribution in [3.8, 4) is 44.5 Å². The summed E-state index contributed by atoms with van der Waals surface area (Å²) in [6.07, 6.45) is 25.1. The largest absolute Gasteiger partial charge is 3.00 e. The molecule has 0 amide bonds. The molecule has 9 heteroatoms. The van der Waals surface area contributed by atoms with Crippen LogP contribution in [0.15, 0.2) is 122 Å². The van der Waals surface area contributed by atoms with Gasteiger partial charge in [0.25, 0.3) is 0 Å². The van der Waals surface area contributed by atoms with Gasteiger partial charge in [0.15, 0.2) is 49.6 Å². The molecule has 0 saturated carbocycles. The van der Waals surface area contributed by atoms with E-state index in [1.165, 1.54) is 0 Å². The molecule has 9 heterocycles. The fourth-order valence-electron chi connectivity index (χ4n) is 7.09. The van der Waals surface area contributed by atoms with Crippen molar-refractivity contribution in [2.24, 2.45) is 28.2 Å². The van der Waals surface area contributed by atoms with Gasteiger partial charge in [0.2, 0.25) is 0 Å². The van der Waals surface area contributed by atoms with E-state index in [9.17, 15) is 0 Å². The molecule has 8 bridgehead atoms. The van der Waals surface area contributed by atoms with Gasteiger partial charge in [-0.15, -0.1) is 0 Å². The predicted octanol–water partition coefficient (Wildman–Crippen LogP) is 6.62. The topological polar surface area (TPSA) is 72.9 Å². The second-order valence-electron chi connectivity index (χ2n) is 13.5. The summed E-state index contributed by atoms with van der Waals surface area (Å²) in [7, 11) is 8.14. The van der Waals surface area contributed by atoms with Crippen LogP contribution in [0.5, 0.6) is 0 Å². The number of aromatic nitrogens is 8. The first kappa shape index (κ1) is 34.8. The minimum Gasteiger partial charge on any atom is -0.354 e. The fourth-order valence-corrected chi connectivity index (χ4v) is 7.09. The molecule has 53 heavy (non-hydrogen) atoms. The molecule has 0 spiro atoms. The van der Waals surface area contributed by atoms with Crippen LogP contribution in [0.4, 0.5) is 0 Å². The molecule has 2 aliphatic rings. The number of rotatable bonds is 4. The Morgan fingerprint density at radius 3 is 0.906 bits per heavy atom. The van der Waals surface area contributed by atoms with E-state index < -0.39 is 0 Å². The van der Waals surface area contributed by atoms with Crippen molar-refractivity contribution in [1.29, 1.82) is 0 Å². The van der Waals surface area contributed by atoms with Crippen LogP contribution in [0.25, 0.3) is 90.9 Å². The van der Waals surface area contributed by atoms with Gasteiger partial charge < -0.3 is 9.97 Å². The number of hydrogen-bond acceptors (Lipinski definition) is 2. The van der Waals surface area contributed by atoms with Crippen molar-refractivity contribution >= 4 is 46.4 Å². The molecule has 9 rings (SSSR count). The van der Waals surface area contributed by atoms with Gasteiger partial charge in [-0.1, -0.05) is 0 Å². The zero-order valence-corrected chi connectivity index (χ0v) is 32.3. The Labute approximate surface area is 348 Å². The van der Waals surface area contributed by atoms with E-state index >= 15 is 0 Å². The summed E-state index contributed by atoms with van der Waals surface area (Å²) in [5, 5.41) is 0. The van der Waals surface area contributed by atoms with E-state index in [0.29, 0.717) is 0 Å². The van der Waals surface area contributed by atoms with Gasteiger partial charge in [-0.25, -0.2) is 28.2 Å². The summed E-state index contributed by atoms with van der Waals surface area (Å²) in [6.45, 7) is 0. The minimum atomic E-state index is 0. The second kappa shape index (κ2) is 14.3. The molecule has 8 nitrogen and oxygen atoms in total. The Kier molecular flexibility index (Phi) is 9.41. The molecule has 0 aliphatic carbocycles.